The van der Waals surface area contributed by atoms with Gasteiger partial charge in [0.15, 0.2) is 18.1 Å². The largest absolute Gasteiger partial charge is 0.493 e. The second kappa shape index (κ2) is 8.74. The first-order valence-corrected chi connectivity index (χ1v) is 8.50. The molecule has 0 aromatic heterocycles. The Morgan fingerprint density at radius 2 is 2.12 bits per heavy atom. The molecule has 128 valence electrons. The Kier molecular flexibility index (Phi) is 6.67. The number of methoxy groups -OCH3 is 1. The van der Waals surface area contributed by atoms with E-state index in [0.29, 0.717) is 36.8 Å². The van der Waals surface area contributed by atoms with Crippen molar-refractivity contribution in [2.24, 2.45) is 0 Å². The molecule has 0 atom stereocenters. The van der Waals surface area contributed by atoms with E-state index >= 15 is 0 Å². The lowest BCUT2D eigenvalue weighted by Gasteiger charge is -2.12. The van der Waals surface area contributed by atoms with Gasteiger partial charge in [-0.25, -0.2) is 4.79 Å². The number of nitrogens with zero attached hydrogens (tertiary/aromatic N) is 1. The van der Waals surface area contributed by atoms with Crippen LogP contribution in [-0.2, 0) is 4.79 Å². The Balaban J connectivity index is 2.46. The third-order valence-corrected chi connectivity index (χ3v) is 4.32. The maximum absolute atomic E-state index is 10.7. The summed E-state index contributed by atoms with van der Waals surface area (Å²) in [6.07, 6.45) is 1.69. The van der Waals surface area contributed by atoms with Crippen LogP contribution in [0.1, 0.15) is 11.1 Å². The summed E-state index contributed by atoms with van der Waals surface area (Å²) in [5.74, 6) is -0.345. The highest BCUT2D eigenvalue weighted by atomic mass is 127. The van der Waals surface area contributed by atoms with Gasteiger partial charge >= 0.3 is 5.97 Å². The zero-order valence-electron chi connectivity index (χ0n) is 13.1. The maximum atomic E-state index is 10.7. The molecule has 2 aromatic rings. The number of benzene rings is 2. The molecule has 0 aliphatic carbocycles. The van der Waals surface area contributed by atoms with E-state index in [2.05, 4.69) is 6.07 Å². The molecular formula is C18H13ClINO4. The van der Waals surface area contributed by atoms with Gasteiger partial charge in [-0.1, -0.05) is 29.8 Å². The van der Waals surface area contributed by atoms with Crippen LogP contribution in [0.25, 0.3) is 11.6 Å². The molecule has 25 heavy (non-hydrogen) atoms. The fraction of sp³-hybridized carbons (Fsp3) is 0.111. The lowest BCUT2D eigenvalue weighted by atomic mass is 10.0. The predicted octanol–water partition coefficient (Wildman–Crippen LogP) is 4.48. The highest BCUT2D eigenvalue weighted by Gasteiger charge is 2.13. The fourth-order valence-corrected chi connectivity index (χ4v) is 3.13. The van der Waals surface area contributed by atoms with Gasteiger partial charge in [0.2, 0.25) is 0 Å². The monoisotopic (exact) mass is 469 g/mol. The first-order chi connectivity index (χ1) is 12.0. The zero-order valence-corrected chi connectivity index (χ0v) is 16.0. The summed E-state index contributed by atoms with van der Waals surface area (Å²) in [6.45, 7) is -0.468. The van der Waals surface area contributed by atoms with Crippen molar-refractivity contribution in [2.75, 3.05) is 13.7 Å². The average Bonchev–Trinajstić information content (AvgIpc) is 2.58. The molecule has 1 N–H and O–H groups in total. The predicted molar refractivity (Wildman–Crippen MR) is 104 cm³/mol. The van der Waals surface area contributed by atoms with Gasteiger partial charge in [0.25, 0.3) is 0 Å². The highest BCUT2D eigenvalue weighted by molar-refractivity contribution is 14.1. The minimum Gasteiger partial charge on any atom is -0.493 e. The SMILES string of the molecule is COc1cc(C=C(C#N)c2ccccc2Cl)cc(I)c1OCC(=O)O. The Morgan fingerprint density at radius 1 is 1.40 bits per heavy atom. The van der Waals surface area contributed by atoms with Crippen molar-refractivity contribution in [1.29, 1.82) is 5.26 Å². The summed E-state index contributed by atoms with van der Waals surface area (Å²) in [7, 11) is 1.46. The smallest absolute Gasteiger partial charge is 0.341 e. The molecule has 7 heteroatoms. The van der Waals surface area contributed by atoms with Crippen LogP contribution in [0.15, 0.2) is 36.4 Å². The number of allylic oxidation sites excluding steroid dienone is 1. The van der Waals surface area contributed by atoms with Crippen molar-refractivity contribution in [3.05, 3.63) is 56.1 Å². The van der Waals surface area contributed by atoms with E-state index in [1.54, 1.807) is 42.5 Å². The number of aliphatic carboxylic acids is 1. The Morgan fingerprint density at radius 3 is 2.72 bits per heavy atom. The lowest BCUT2D eigenvalue weighted by Crippen LogP contribution is -2.11. The summed E-state index contributed by atoms with van der Waals surface area (Å²) in [6, 6.07) is 12.7. The van der Waals surface area contributed by atoms with Crippen molar-refractivity contribution in [2.45, 2.75) is 0 Å². The third-order valence-electron chi connectivity index (χ3n) is 3.19. The lowest BCUT2D eigenvalue weighted by molar-refractivity contribution is -0.139. The van der Waals surface area contributed by atoms with Gasteiger partial charge < -0.3 is 14.6 Å². The summed E-state index contributed by atoms with van der Waals surface area (Å²) in [5, 5.41) is 18.7. The van der Waals surface area contributed by atoms with Crippen LogP contribution in [-0.4, -0.2) is 24.8 Å². The van der Waals surface area contributed by atoms with Crippen LogP contribution in [0, 0.1) is 14.9 Å². The van der Waals surface area contributed by atoms with Crippen LogP contribution in [0.3, 0.4) is 0 Å². The maximum Gasteiger partial charge on any atom is 0.341 e. The third kappa shape index (κ3) is 4.87. The van der Waals surface area contributed by atoms with E-state index < -0.39 is 12.6 Å². The molecule has 2 aromatic carbocycles. The Bertz CT molecular complexity index is 874. The molecule has 2 rings (SSSR count). The van der Waals surface area contributed by atoms with E-state index in [9.17, 15) is 10.1 Å². The number of rotatable bonds is 6. The van der Waals surface area contributed by atoms with Crippen molar-refractivity contribution in [3.63, 3.8) is 0 Å². The van der Waals surface area contributed by atoms with Crippen molar-refractivity contribution in [3.8, 4) is 17.6 Å². The molecule has 0 saturated carbocycles. The average molecular weight is 470 g/mol. The number of hydrogen-bond acceptors (Lipinski definition) is 4. The molecule has 0 aliphatic rings. The Hall–Kier alpha value is -2.24. The van der Waals surface area contributed by atoms with Crippen molar-refractivity contribution < 1.29 is 19.4 Å². The quantitative estimate of drug-likeness (QED) is 0.383. The molecule has 0 unspecified atom stereocenters. The minimum absolute atomic E-state index is 0.346. The topological polar surface area (TPSA) is 79.5 Å². The normalized spacial score (nSPS) is 10.9. The molecule has 0 radical (unpaired) electrons. The van der Waals surface area contributed by atoms with Gasteiger partial charge in [-0.05, 0) is 52.4 Å². The number of nitriles is 1. The van der Waals surface area contributed by atoms with Gasteiger partial charge in [-0.3, -0.25) is 0 Å². The fourth-order valence-electron chi connectivity index (χ4n) is 2.11. The summed E-state index contributed by atoms with van der Waals surface area (Å²) in [4.78, 5) is 10.7. The number of hydrogen-bond donors (Lipinski definition) is 1. The second-order valence-electron chi connectivity index (χ2n) is 4.87. The van der Waals surface area contributed by atoms with Gasteiger partial charge in [-0.15, -0.1) is 0 Å². The zero-order chi connectivity index (χ0) is 18.4. The number of carboxylic acid groups (broad SMARTS) is 1. The molecule has 5 nitrogen and oxygen atoms in total. The van der Waals surface area contributed by atoms with E-state index in [4.69, 9.17) is 26.2 Å². The number of carbonyl (C=O) groups is 1. The van der Waals surface area contributed by atoms with E-state index in [1.807, 2.05) is 22.6 Å². The van der Waals surface area contributed by atoms with Crippen LogP contribution in [0.4, 0.5) is 0 Å². The second-order valence-corrected chi connectivity index (χ2v) is 6.44. The van der Waals surface area contributed by atoms with E-state index in [0.717, 1.165) is 0 Å². The first-order valence-electron chi connectivity index (χ1n) is 7.05. The molecule has 0 fully saturated rings. The van der Waals surface area contributed by atoms with Gasteiger partial charge in [0.05, 0.1) is 22.3 Å². The minimum atomic E-state index is -1.08. The molecular weight excluding hydrogens is 457 g/mol. The van der Waals surface area contributed by atoms with Gasteiger partial charge in [0, 0.05) is 10.6 Å². The van der Waals surface area contributed by atoms with Crippen LogP contribution >= 0.6 is 34.2 Å². The van der Waals surface area contributed by atoms with Crippen molar-refractivity contribution in [1.82, 2.24) is 0 Å². The summed E-state index contributed by atoms with van der Waals surface area (Å²) < 4.78 is 11.2. The molecule has 0 heterocycles. The molecule has 0 aliphatic heterocycles. The van der Waals surface area contributed by atoms with Crippen molar-refractivity contribution >= 4 is 51.8 Å². The molecule has 0 bridgehead atoms. The first kappa shape index (κ1) is 19.1. The molecule has 0 saturated heterocycles. The van der Waals surface area contributed by atoms with E-state index in [1.165, 1.54) is 7.11 Å². The Labute approximate surface area is 163 Å². The van der Waals surface area contributed by atoms with Crippen LogP contribution in [0.5, 0.6) is 11.5 Å². The van der Waals surface area contributed by atoms with Gasteiger partial charge in [-0.2, -0.15) is 5.26 Å². The van der Waals surface area contributed by atoms with Crippen LogP contribution in [0.2, 0.25) is 5.02 Å². The molecule has 0 spiro atoms. The van der Waals surface area contributed by atoms with Gasteiger partial charge in [0.1, 0.15) is 0 Å². The number of halogens is 2. The molecule has 0 amide bonds. The standard InChI is InChI=1S/C18H13ClINO4/c1-24-16-8-11(7-15(20)18(16)25-10-17(22)23)6-12(9-21)13-4-2-3-5-14(13)19/h2-8H,10H2,1H3,(H,22,23). The number of ether oxygens (including phenoxy) is 2. The summed E-state index contributed by atoms with van der Waals surface area (Å²) >= 11 is 8.18. The highest BCUT2D eigenvalue weighted by Crippen LogP contribution is 2.35. The van der Waals surface area contributed by atoms with Crippen LogP contribution < -0.4 is 9.47 Å². The van der Waals surface area contributed by atoms with E-state index in [-0.39, 0.29) is 0 Å². The number of carboxylic acids is 1. The summed E-state index contributed by atoms with van der Waals surface area (Å²) in [5.41, 5.74) is 1.75.